The highest BCUT2D eigenvalue weighted by atomic mass is 32.2. The minimum Gasteiger partial charge on any atom is -0.497 e. The monoisotopic (exact) mass is 457 g/mol. The van der Waals surface area contributed by atoms with E-state index in [1.807, 2.05) is 65.4 Å². The maximum atomic E-state index is 13.2. The van der Waals surface area contributed by atoms with Crippen molar-refractivity contribution < 1.29 is 17.9 Å². The van der Waals surface area contributed by atoms with Crippen molar-refractivity contribution in [2.75, 3.05) is 29.3 Å². The lowest BCUT2D eigenvalue weighted by Gasteiger charge is -2.28. The minimum absolute atomic E-state index is 0.00121. The zero-order valence-corrected chi connectivity index (χ0v) is 18.7. The van der Waals surface area contributed by atoms with Gasteiger partial charge in [-0.25, -0.2) is 13.4 Å². The van der Waals surface area contributed by atoms with Gasteiger partial charge in [0.25, 0.3) is 0 Å². The molecular formula is C22H23N3O4S2. The molecule has 0 spiro atoms. The summed E-state index contributed by atoms with van der Waals surface area (Å²) in [5.74, 6) is 0.890. The van der Waals surface area contributed by atoms with Gasteiger partial charge in [0.1, 0.15) is 5.75 Å². The molecule has 0 radical (unpaired) electrons. The number of benzene rings is 2. The first-order valence-electron chi connectivity index (χ1n) is 9.85. The van der Waals surface area contributed by atoms with E-state index >= 15 is 0 Å². The van der Waals surface area contributed by atoms with Crippen molar-refractivity contribution in [1.82, 2.24) is 9.55 Å². The van der Waals surface area contributed by atoms with Crippen LogP contribution < -0.4 is 9.64 Å². The SMILES string of the molecule is COc1ccc(-n2ccnc2SCC(=O)N(c2ccccc2)C2CCS(=O)(=O)C2)cc1. The molecule has 9 heteroatoms. The van der Waals surface area contributed by atoms with Crippen molar-refractivity contribution >= 4 is 33.2 Å². The molecule has 1 aliphatic heterocycles. The molecular weight excluding hydrogens is 434 g/mol. The van der Waals surface area contributed by atoms with Gasteiger partial charge in [-0.1, -0.05) is 30.0 Å². The Labute approximate surface area is 186 Å². The van der Waals surface area contributed by atoms with E-state index in [9.17, 15) is 13.2 Å². The molecule has 2 aromatic carbocycles. The second-order valence-corrected chi connectivity index (χ2v) is 10.4. The molecule has 0 saturated carbocycles. The first kappa shape index (κ1) is 21.5. The second-order valence-electron chi connectivity index (χ2n) is 7.22. The molecule has 0 N–H and O–H groups in total. The normalized spacial score (nSPS) is 17.4. The van der Waals surface area contributed by atoms with Gasteiger partial charge in [0, 0.05) is 23.8 Å². The third-order valence-corrected chi connectivity index (χ3v) is 7.86. The number of carbonyl (C=O) groups excluding carboxylic acids is 1. The number of methoxy groups -OCH3 is 1. The molecule has 162 valence electrons. The van der Waals surface area contributed by atoms with Gasteiger partial charge in [-0.15, -0.1) is 0 Å². The third kappa shape index (κ3) is 4.94. The molecule has 0 aliphatic carbocycles. The third-order valence-electron chi connectivity index (χ3n) is 5.16. The number of imidazole rings is 1. The first-order valence-corrected chi connectivity index (χ1v) is 12.7. The van der Waals surface area contributed by atoms with E-state index in [2.05, 4.69) is 4.98 Å². The topological polar surface area (TPSA) is 81.5 Å². The van der Waals surface area contributed by atoms with Crippen LogP contribution in [0.15, 0.2) is 72.1 Å². The number of sulfone groups is 1. The van der Waals surface area contributed by atoms with Crippen molar-refractivity contribution in [2.45, 2.75) is 17.6 Å². The summed E-state index contributed by atoms with van der Waals surface area (Å²) in [5, 5.41) is 0.686. The average molecular weight is 458 g/mol. The van der Waals surface area contributed by atoms with E-state index in [1.54, 1.807) is 18.2 Å². The number of hydrogen-bond donors (Lipinski definition) is 0. The standard InChI is InChI=1S/C22H23N3O4S2/c1-29-20-9-7-17(8-10-20)24-13-12-23-22(24)30-15-21(26)25(18-5-3-2-4-6-18)19-11-14-31(27,28)16-19/h2-10,12-13,19H,11,14-16H2,1H3. The van der Waals surface area contributed by atoms with Gasteiger partial charge in [-0.05, 0) is 42.8 Å². The van der Waals surface area contributed by atoms with Crippen LogP contribution in [0, 0.1) is 0 Å². The van der Waals surface area contributed by atoms with Crippen LogP contribution in [0.4, 0.5) is 5.69 Å². The molecule has 0 bridgehead atoms. The Bertz CT molecular complexity index is 1150. The smallest absolute Gasteiger partial charge is 0.237 e. The Hall–Kier alpha value is -2.78. The maximum absolute atomic E-state index is 13.2. The fourth-order valence-corrected chi connectivity index (χ4v) is 6.19. The van der Waals surface area contributed by atoms with Gasteiger partial charge in [0.15, 0.2) is 15.0 Å². The molecule has 1 unspecified atom stereocenters. The number of aromatic nitrogens is 2. The largest absolute Gasteiger partial charge is 0.497 e. The fraction of sp³-hybridized carbons (Fsp3) is 0.273. The number of rotatable bonds is 7. The van der Waals surface area contributed by atoms with Crippen LogP contribution in [-0.2, 0) is 14.6 Å². The molecule has 1 saturated heterocycles. The number of amides is 1. The highest BCUT2D eigenvalue weighted by Gasteiger charge is 2.35. The number of thioether (sulfide) groups is 1. The number of carbonyl (C=O) groups is 1. The summed E-state index contributed by atoms with van der Waals surface area (Å²) >= 11 is 1.33. The van der Waals surface area contributed by atoms with E-state index in [4.69, 9.17) is 4.74 Å². The second kappa shape index (κ2) is 9.15. The summed E-state index contributed by atoms with van der Waals surface area (Å²) in [7, 11) is -1.50. The maximum Gasteiger partial charge on any atom is 0.237 e. The van der Waals surface area contributed by atoms with E-state index in [0.29, 0.717) is 17.3 Å². The van der Waals surface area contributed by atoms with Crippen LogP contribution in [0.5, 0.6) is 5.75 Å². The van der Waals surface area contributed by atoms with Gasteiger partial charge in [-0.2, -0.15) is 0 Å². The quantitative estimate of drug-likeness (QED) is 0.507. The minimum atomic E-state index is -3.12. The highest BCUT2D eigenvalue weighted by molar-refractivity contribution is 7.99. The number of nitrogens with zero attached hydrogens (tertiary/aromatic N) is 3. The van der Waals surface area contributed by atoms with Gasteiger partial charge in [0.05, 0.1) is 30.4 Å². The summed E-state index contributed by atoms with van der Waals surface area (Å²) < 4.78 is 31.2. The first-order chi connectivity index (χ1) is 15.0. The van der Waals surface area contributed by atoms with Crippen LogP contribution >= 0.6 is 11.8 Å². The molecule has 1 atom stereocenters. The van der Waals surface area contributed by atoms with Crippen molar-refractivity contribution in [3.8, 4) is 11.4 Å². The van der Waals surface area contributed by atoms with E-state index in [-0.39, 0.29) is 29.2 Å². The van der Waals surface area contributed by atoms with E-state index < -0.39 is 9.84 Å². The summed E-state index contributed by atoms with van der Waals surface area (Å²) in [5.41, 5.74) is 1.63. The van der Waals surface area contributed by atoms with Crippen LogP contribution in [0.2, 0.25) is 0 Å². The van der Waals surface area contributed by atoms with Crippen LogP contribution in [-0.4, -0.2) is 54.3 Å². The number of ether oxygens (including phenoxy) is 1. The van der Waals surface area contributed by atoms with E-state index in [0.717, 1.165) is 11.4 Å². The highest BCUT2D eigenvalue weighted by Crippen LogP contribution is 2.27. The number of anilines is 1. The van der Waals surface area contributed by atoms with Crippen molar-refractivity contribution in [1.29, 1.82) is 0 Å². The zero-order valence-electron chi connectivity index (χ0n) is 17.0. The Morgan fingerprint density at radius 2 is 1.94 bits per heavy atom. The van der Waals surface area contributed by atoms with Crippen LogP contribution in [0.1, 0.15) is 6.42 Å². The number of hydrogen-bond acceptors (Lipinski definition) is 6. The lowest BCUT2D eigenvalue weighted by atomic mass is 10.2. The molecule has 3 aromatic rings. The Morgan fingerprint density at radius 1 is 1.19 bits per heavy atom. The van der Waals surface area contributed by atoms with Crippen LogP contribution in [0.3, 0.4) is 0 Å². The molecule has 1 aliphatic rings. The average Bonchev–Trinajstić information content (AvgIpc) is 3.39. The molecule has 4 rings (SSSR count). The predicted molar refractivity (Wildman–Crippen MR) is 122 cm³/mol. The Kier molecular flexibility index (Phi) is 6.33. The fourth-order valence-electron chi connectivity index (χ4n) is 3.66. The summed E-state index contributed by atoms with van der Waals surface area (Å²) in [4.78, 5) is 19.2. The van der Waals surface area contributed by atoms with Crippen LogP contribution in [0.25, 0.3) is 5.69 Å². The molecule has 2 heterocycles. The van der Waals surface area contributed by atoms with Crippen molar-refractivity contribution in [3.63, 3.8) is 0 Å². The van der Waals surface area contributed by atoms with Gasteiger partial charge >= 0.3 is 0 Å². The molecule has 1 aromatic heterocycles. The van der Waals surface area contributed by atoms with Gasteiger partial charge < -0.3 is 9.64 Å². The lowest BCUT2D eigenvalue weighted by molar-refractivity contribution is -0.116. The Morgan fingerprint density at radius 3 is 2.58 bits per heavy atom. The zero-order chi connectivity index (χ0) is 21.8. The molecule has 1 amide bonds. The summed E-state index contributed by atoms with van der Waals surface area (Å²) in [6.45, 7) is 0. The summed E-state index contributed by atoms with van der Waals surface area (Å²) in [6, 6.07) is 16.5. The lowest BCUT2D eigenvalue weighted by Crippen LogP contribution is -2.42. The van der Waals surface area contributed by atoms with Crippen molar-refractivity contribution in [2.24, 2.45) is 0 Å². The Balaban J connectivity index is 1.52. The summed E-state index contributed by atoms with van der Waals surface area (Å²) in [6.07, 6.45) is 3.98. The molecule has 7 nitrogen and oxygen atoms in total. The van der Waals surface area contributed by atoms with Gasteiger partial charge in [-0.3, -0.25) is 9.36 Å². The van der Waals surface area contributed by atoms with Crippen molar-refractivity contribution in [3.05, 3.63) is 67.0 Å². The predicted octanol–water partition coefficient (Wildman–Crippen LogP) is 3.19. The number of para-hydroxylation sites is 1. The molecule has 31 heavy (non-hydrogen) atoms. The molecule has 1 fully saturated rings. The van der Waals surface area contributed by atoms with E-state index in [1.165, 1.54) is 11.8 Å². The van der Waals surface area contributed by atoms with Gasteiger partial charge in [0.2, 0.25) is 5.91 Å².